The second kappa shape index (κ2) is 8.23. The molecule has 0 radical (unpaired) electrons. The van der Waals surface area contributed by atoms with Gasteiger partial charge < -0.3 is 19.9 Å². The Kier molecular flexibility index (Phi) is 5.76. The summed E-state index contributed by atoms with van der Waals surface area (Å²) in [6.45, 7) is 6.22. The molecule has 26 heavy (non-hydrogen) atoms. The van der Waals surface area contributed by atoms with Crippen molar-refractivity contribution >= 4 is 11.8 Å². The van der Waals surface area contributed by atoms with Crippen LogP contribution in [0, 0.1) is 5.92 Å². The third-order valence-corrected chi connectivity index (χ3v) is 6.57. The molecule has 4 aliphatic rings. The highest BCUT2D eigenvalue weighted by molar-refractivity contribution is 5.82. The maximum Gasteiger partial charge on any atom is 0.239 e. The van der Waals surface area contributed by atoms with Gasteiger partial charge in [-0.2, -0.15) is 0 Å². The quantitative estimate of drug-likeness (QED) is 0.758. The number of hydrogen-bond acceptors (Lipinski definition) is 5. The number of ether oxygens (including phenoxy) is 1. The van der Waals surface area contributed by atoms with E-state index in [4.69, 9.17) is 4.74 Å². The molecule has 0 aromatic carbocycles. The molecule has 7 nitrogen and oxygen atoms in total. The molecule has 7 heteroatoms. The van der Waals surface area contributed by atoms with Crippen LogP contribution in [-0.4, -0.2) is 97.6 Å². The topological polar surface area (TPSA) is 65.1 Å². The molecule has 3 heterocycles. The normalized spacial score (nSPS) is 33.2. The van der Waals surface area contributed by atoms with Gasteiger partial charge in [-0.15, -0.1) is 0 Å². The lowest BCUT2D eigenvalue weighted by molar-refractivity contribution is -0.138. The highest BCUT2D eigenvalue weighted by atomic mass is 16.5. The summed E-state index contributed by atoms with van der Waals surface area (Å²) in [4.78, 5) is 31.3. The zero-order chi connectivity index (χ0) is 17.9. The minimum Gasteiger partial charge on any atom is -0.378 e. The second-order valence-corrected chi connectivity index (χ2v) is 8.20. The number of carbonyl (C=O) groups excluding carboxylic acids is 2. The van der Waals surface area contributed by atoms with Crippen molar-refractivity contribution in [2.75, 3.05) is 59.0 Å². The van der Waals surface area contributed by atoms with Crippen LogP contribution in [0.3, 0.4) is 0 Å². The maximum atomic E-state index is 12.9. The number of piperazine rings is 1. The lowest BCUT2D eigenvalue weighted by Gasteiger charge is -2.37. The molecule has 3 atom stereocenters. The standard InChI is InChI=1S/C19H32N4O3/c24-18(22-9-11-26-12-10-22)14-21-5-7-23(8-6-21)19(25)17-13-15-3-1-2-4-16(15)20-17/h15-17,20H,1-14H2. The van der Waals surface area contributed by atoms with Gasteiger partial charge in [-0.3, -0.25) is 14.5 Å². The van der Waals surface area contributed by atoms with Crippen LogP contribution < -0.4 is 5.32 Å². The molecule has 3 unspecified atom stereocenters. The molecule has 1 N–H and O–H groups in total. The molecule has 4 fully saturated rings. The van der Waals surface area contributed by atoms with Crippen LogP contribution in [0.2, 0.25) is 0 Å². The summed E-state index contributed by atoms with van der Waals surface area (Å²) < 4.78 is 5.31. The molecule has 0 aromatic heterocycles. The predicted octanol–water partition coefficient (Wildman–Crippen LogP) is -0.0899. The molecule has 1 saturated carbocycles. The van der Waals surface area contributed by atoms with Crippen molar-refractivity contribution in [2.45, 2.75) is 44.2 Å². The van der Waals surface area contributed by atoms with E-state index in [0.29, 0.717) is 44.8 Å². The average Bonchev–Trinajstić information content (AvgIpc) is 3.13. The summed E-state index contributed by atoms with van der Waals surface area (Å²) in [6.07, 6.45) is 6.13. The molecular formula is C19H32N4O3. The van der Waals surface area contributed by atoms with Gasteiger partial charge in [0.1, 0.15) is 0 Å². The first-order valence-electron chi connectivity index (χ1n) is 10.3. The smallest absolute Gasteiger partial charge is 0.239 e. The Morgan fingerprint density at radius 1 is 0.923 bits per heavy atom. The van der Waals surface area contributed by atoms with Gasteiger partial charge in [0.25, 0.3) is 0 Å². The number of fused-ring (bicyclic) bond motifs is 1. The van der Waals surface area contributed by atoms with E-state index < -0.39 is 0 Å². The first-order chi connectivity index (χ1) is 12.7. The molecule has 0 spiro atoms. The van der Waals surface area contributed by atoms with E-state index in [1.54, 1.807) is 0 Å². The Hall–Kier alpha value is -1.18. The average molecular weight is 364 g/mol. The van der Waals surface area contributed by atoms with Crippen molar-refractivity contribution in [2.24, 2.45) is 5.92 Å². The molecule has 1 aliphatic carbocycles. The summed E-state index contributed by atoms with van der Waals surface area (Å²) in [5.41, 5.74) is 0. The number of nitrogens with zero attached hydrogens (tertiary/aromatic N) is 3. The summed E-state index contributed by atoms with van der Waals surface area (Å²) in [6, 6.07) is 0.578. The largest absolute Gasteiger partial charge is 0.378 e. The molecule has 0 aromatic rings. The third kappa shape index (κ3) is 4.05. The lowest BCUT2D eigenvalue weighted by atomic mass is 9.85. The fourth-order valence-electron chi connectivity index (χ4n) is 4.96. The van der Waals surface area contributed by atoms with E-state index in [1.165, 1.54) is 25.7 Å². The van der Waals surface area contributed by atoms with Gasteiger partial charge in [0.2, 0.25) is 11.8 Å². The van der Waals surface area contributed by atoms with Crippen LogP contribution in [0.25, 0.3) is 0 Å². The van der Waals surface area contributed by atoms with Gasteiger partial charge in [0, 0.05) is 45.3 Å². The molecule has 146 valence electrons. The number of nitrogens with one attached hydrogen (secondary N) is 1. The SMILES string of the molecule is O=C(CN1CCN(C(=O)C2CC3CCCCC3N2)CC1)N1CCOCC1. The van der Waals surface area contributed by atoms with Crippen LogP contribution in [0.4, 0.5) is 0 Å². The number of hydrogen-bond donors (Lipinski definition) is 1. The zero-order valence-corrected chi connectivity index (χ0v) is 15.7. The van der Waals surface area contributed by atoms with E-state index in [2.05, 4.69) is 10.2 Å². The maximum absolute atomic E-state index is 12.9. The molecule has 3 saturated heterocycles. The van der Waals surface area contributed by atoms with Crippen molar-refractivity contribution in [1.82, 2.24) is 20.0 Å². The van der Waals surface area contributed by atoms with Crippen LogP contribution in [0.5, 0.6) is 0 Å². The van der Waals surface area contributed by atoms with Gasteiger partial charge >= 0.3 is 0 Å². The number of amides is 2. The molecule has 0 bridgehead atoms. The van der Waals surface area contributed by atoms with Crippen LogP contribution in [-0.2, 0) is 14.3 Å². The Labute approximate surface area is 156 Å². The van der Waals surface area contributed by atoms with Crippen molar-refractivity contribution in [3.8, 4) is 0 Å². The first kappa shape index (κ1) is 18.2. The third-order valence-electron chi connectivity index (χ3n) is 6.57. The minimum absolute atomic E-state index is 0.0182. The van der Waals surface area contributed by atoms with Crippen molar-refractivity contribution in [3.05, 3.63) is 0 Å². The van der Waals surface area contributed by atoms with E-state index in [0.717, 1.165) is 32.6 Å². The van der Waals surface area contributed by atoms with Crippen molar-refractivity contribution < 1.29 is 14.3 Å². The summed E-state index contributed by atoms with van der Waals surface area (Å²) in [5, 5.41) is 3.60. The monoisotopic (exact) mass is 364 g/mol. The molecule has 4 rings (SSSR count). The zero-order valence-electron chi connectivity index (χ0n) is 15.7. The molecule has 3 aliphatic heterocycles. The Balaban J connectivity index is 1.22. The van der Waals surface area contributed by atoms with E-state index >= 15 is 0 Å². The van der Waals surface area contributed by atoms with Gasteiger partial charge in [-0.25, -0.2) is 0 Å². The van der Waals surface area contributed by atoms with Crippen LogP contribution in [0.15, 0.2) is 0 Å². The Morgan fingerprint density at radius 3 is 2.38 bits per heavy atom. The van der Waals surface area contributed by atoms with E-state index in [9.17, 15) is 9.59 Å². The number of morpholine rings is 1. The minimum atomic E-state index is 0.0182. The van der Waals surface area contributed by atoms with E-state index in [1.807, 2.05) is 9.80 Å². The fraction of sp³-hybridized carbons (Fsp3) is 0.895. The summed E-state index contributed by atoms with van der Waals surface area (Å²) >= 11 is 0. The van der Waals surface area contributed by atoms with Crippen LogP contribution >= 0.6 is 0 Å². The fourth-order valence-corrected chi connectivity index (χ4v) is 4.96. The van der Waals surface area contributed by atoms with Crippen molar-refractivity contribution in [3.63, 3.8) is 0 Å². The predicted molar refractivity (Wildman–Crippen MR) is 97.7 cm³/mol. The Bertz CT molecular complexity index is 501. The highest BCUT2D eigenvalue weighted by Crippen LogP contribution is 2.33. The van der Waals surface area contributed by atoms with Crippen LogP contribution in [0.1, 0.15) is 32.1 Å². The van der Waals surface area contributed by atoms with Crippen molar-refractivity contribution in [1.29, 1.82) is 0 Å². The number of rotatable bonds is 3. The number of carbonyl (C=O) groups is 2. The van der Waals surface area contributed by atoms with Gasteiger partial charge in [-0.1, -0.05) is 12.8 Å². The molecular weight excluding hydrogens is 332 g/mol. The first-order valence-corrected chi connectivity index (χ1v) is 10.3. The summed E-state index contributed by atoms with van der Waals surface area (Å²) in [5.74, 6) is 1.17. The Morgan fingerprint density at radius 2 is 1.65 bits per heavy atom. The second-order valence-electron chi connectivity index (χ2n) is 8.20. The highest BCUT2D eigenvalue weighted by Gasteiger charge is 2.40. The van der Waals surface area contributed by atoms with Gasteiger partial charge in [-0.05, 0) is 25.2 Å². The van der Waals surface area contributed by atoms with Gasteiger partial charge in [0.15, 0.2) is 0 Å². The molecule has 2 amide bonds. The summed E-state index contributed by atoms with van der Waals surface area (Å²) in [7, 11) is 0. The van der Waals surface area contributed by atoms with E-state index in [-0.39, 0.29) is 17.9 Å². The van der Waals surface area contributed by atoms with Gasteiger partial charge in [0.05, 0.1) is 25.8 Å². The lowest BCUT2D eigenvalue weighted by Crippen LogP contribution is -2.55.